The third-order valence-corrected chi connectivity index (χ3v) is 2.42. The first-order valence-electron chi connectivity index (χ1n) is 5.19. The van der Waals surface area contributed by atoms with Crippen molar-refractivity contribution in [2.45, 2.75) is 26.8 Å². The summed E-state index contributed by atoms with van der Waals surface area (Å²) in [5.74, 6) is 0. The van der Waals surface area contributed by atoms with Gasteiger partial charge in [-0.2, -0.15) is 0 Å². The summed E-state index contributed by atoms with van der Waals surface area (Å²) in [6, 6.07) is 8.94. The van der Waals surface area contributed by atoms with Crippen LogP contribution in [0.2, 0.25) is 0 Å². The number of nitrogens with two attached hydrogens (primary N) is 1. The molecule has 78 valence electrons. The number of benzene rings is 1. The summed E-state index contributed by atoms with van der Waals surface area (Å²) in [4.78, 5) is 2.34. The standard InChI is InChI=1S/C12H20N2/c1-10(2)14(9-8-13)12-7-5-4-6-11(12)3/h4-7,10H,8-9,13H2,1-3H3. The Kier molecular flexibility index (Phi) is 3.96. The first kappa shape index (κ1) is 11.1. The van der Waals surface area contributed by atoms with Crippen LogP contribution >= 0.6 is 0 Å². The maximum absolute atomic E-state index is 5.61. The molecule has 0 heterocycles. The maximum Gasteiger partial charge on any atom is 0.0398 e. The van der Waals surface area contributed by atoms with Crippen LogP contribution in [0.25, 0.3) is 0 Å². The quantitative estimate of drug-likeness (QED) is 0.792. The molecule has 0 saturated heterocycles. The topological polar surface area (TPSA) is 29.3 Å². The maximum atomic E-state index is 5.61. The van der Waals surface area contributed by atoms with Gasteiger partial charge in [-0.05, 0) is 32.4 Å². The van der Waals surface area contributed by atoms with Gasteiger partial charge in [-0.15, -0.1) is 0 Å². The Labute approximate surface area is 86.7 Å². The zero-order valence-corrected chi connectivity index (χ0v) is 9.33. The average molecular weight is 192 g/mol. The van der Waals surface area contributed by atoms with Crippen molar-refractivity contribution in [3.8, 4) is 0 Å². The molecule has 2 heteroatoms. The second kappa shape index (κ2) is 5.01. The predicted molar refractivity (Wildman–Crippen MR) is 62.7 cm³/mol. The molecule has 0 unspecified atom stereocenters. The van der Waals surface area contributed by atoms with Gasteiger partial charge < -0.3 is 10.6 Å². The SMILES string of the molecule is Cc1ccccc1N(CCN)C(C)C. The zero-order valence-electron chi connectivity index (χ0n) is 9.33. The van der Waals surface area contributed by atoms with Crippen molar-refractivity contribution in [1.29, 1.82) is 0 Å². The van der Waals surface area contributed by atoms with Crippen LogP contribution in [0.5, 0.6) is 0 Å². The van der Waals surface area contributed by atoms with Gasteiger partial charge in [0.2, 0.25) is 0 Å². The molecule has 0 spiro atoms. The van der Waals surface area contributed by atoms with Gasteiger partial charge in [0.05, 0.1) is 0 Å². The van der Waals surface area contributed by atoms with Crippen molar-refractivity contribution in [1.82, 2.24) is 0 Å². The molecule has 1 aromatic rings. The van der Waals surface area contributed by atoms with Crippen LogP contribution < -0.4 is 10.6 Å². The molecule has 1 rings (SSSR count). The van der Waals surface area contributed by atoms with Crippen LogP contribution in [0, 0.1) is 6.92 Å². The van der Waals surface area contributed by atoms with Crippen molar-refractivity contribution in [2.24, 2.45) is 5.73 Å². The molecule has 0 aromatic heterocycles. The van der Waals surface area contributed by atoms with Crippen molar-refractivity contribution >= 4 is 5.69 Å². The minimum Gasteiger partial charge on any atom is -0.368 e. The first-order chi connectivity index (χ1) is 6.66. The summed E-state index contributed by atoms with van der Waals surface area (Å²) in [6.07, 6.45) is 0. The van der Waals surface area contributed by atoms with Gasteiger partial charge in [-0.1, -0.05) is 18.2 Å². The van der Waals surface area contributed by atoms with Gasteiger partial charge in [0.15, 0.2) is 0 Å². The highest BCUT2D eigenvalue weighted by molar-refractivity contribution is 5.53. The molecule has 0 aliphatic rings. The van der Waals surface area contributed by atoms with E-state index in [4.69, 9.17) is 5.73 Å². The van der Waals surface area contributed by atoms with Gasteiger partial charge in [0.1, 0.15) is 0 Å². The van der Waals surface area contributed by atoms with E-state index in [1.165, 1.54) is 11.3 Å². The first-order valence-corrected chi connectivity index (χ1v) is 5.19. The Bertz CT molecular complexity index is 281. The molecule has 1 aromatic carbocycles. The smallest absolute Gasteiger partial charge is 0.0398 e. The Morgan fingerprint density at radius 3 is 2.43 bits per heavy atom. The van der Waals surface area contributed by atoms with E-state index in [-0.39, 0.29) is 0 Å². The molecule has 2 nitrogen and oxygen atoms in total. The monoisotopic (exact) mass is 192 g/mol. The van der Waals surface area contributed by atoms with Crippen molar-refractivity contribution in [3.63, 3.8) is 0 Å². The zero-order chi connectivity index (χ0) is 10.6. The number of hydrogen-bond acceptors (Lipinski definition) is 2. The van der Waals surface area contributed by atoms with Crippen molar-refractivity contribution < 1.29 is 0 Å². The van der Waals surface area contributed by atoms with Crippen LogP contribution in [-0.4, -0.2) is 19.1 Å². The molecule has 0 aliphatic carbocycles. The molecule has 0 saturated carbocycles. The summed E-state index contributed by atoms with van der Waals surface area (Å²) in [7, 11) is 0. The highest BCUT2D eigenvalue weighted by atomic mass is 15.2. The van der Waals surface area contributed by atoms with Crippen LogP contribution in [-0.2, 0) is 0 Å². The molecule has 0 atom stereocenters. The van der Waals surface area contributed by atoms with Gasteiger partial charge >= 0.3 is 0 Å². The Balaban J connectivity index is 2.93. The van der Waals surface area contributed by atoms with E-state index in [0.717, 1.165) is 6.54 Å². The minimum atomic E-state index is 0.500. The van der Waals surface area contributed by atoms with E-state index in [9.17, 15) is 0 Å². The normalized spacial score (nSPS) is 10.6. The average Bonchev–Trinajstić information content (AvgIpc) is 2.15. The van der Waals surface area contributed by atoms with E-state index in [2.05, 4.69) is 49.9 Å². The Morgan fingerprint density at radius 2 is 1.93 bits per heavy atom. The molecule has 0 amide bonds. The molecule has 0 radical (unpaired) electrons. The second-order valence-electron chi connectivity index (χ2n) is 3.86. The fourth-order valence-electron chi connectivity index (χ4n) is 1.68. The third-order valence-electron chi connectivity index (χ3n) is 2.42. The second-order valence-corrected chi connectivity index (χ2v) is 3.86. The minimum absolute atomic E-state index is 0.500. The predicted octanol–water partition coefficient (Wildman–Crippen LogP) is 2.17. The summed E-state index contributed by atoms with van der Waals surface area (Å²) < 4.78 is 0. The van der Waals surface area contributed by atoms with Gasteiger partial charge in [-0.25, -0.2) is 0 Å². The van der Waals surface area contributed by atoms with E-state index in [0.29, 0.717) is 12.6 Å². The van der Waals surface area contributed by atoms with E-state index in [1.807, 2.05) is 0 Å². The summed E-state index contributed by atoms with van der Waals surface area (Å²) in [6.45, 7) is 8.15. The third kappa shape index (κ3) is 2.48. The fraction of sp³-hybridized carbons (Fsp3) is 0.500. The lowest BCUT2D eigenvalue weighted by molar-refractivity contribution is 0.682. The largest absolute Gasteiger partial charge is 0.368 e. The summed E-state index contributed by atoms with van der Waals surface area (Å²) in [5.41, 5.74) is 8.23. The molecule has 0 aliphatic heterocycles. The molecular formula is C12H20N2. The van der Waals surface area contributed by atoms with Crippen LogP contribution in [0.4, 0.5) is 5.69 Å². The summed E-state index contributed by atoms with van der Waals surface area (Å²) in [5, 5.41) is 0. The number of anilines is 1. The number of nitrogens with zero attached hydrogens (tertiary/aromatic N) is 1. The summed E-state index contributed by atoms with van der Waals surface area (Å²) >= 11 is 0. The Morgan fingerprint density at radius 1 is 1.29 bits per heavy atom. The number of para-hydroxylation sites is 1. The van der Waals surface area contributed by atoms with E-state index < -0.39 is 0 Å². The van der Waals surface area contributed by atoms with Crippen LogP contribution in [0.3, 0.4) is 0 Å². The van der Waals surface area contributed by atoms with Gasteiger partial charge in [0.25, 0.3) is 0 Å². The molecular weight excluding hydrogens is 172 g/mol. The van der Waals surface area contributed by atoms with E-state index >= 15 is 0 Å². The van der Waals surface area contributed by atoms with E-state index in [1.54, 1.807) is 0 Å². The van der Waals surface area contributed by atoms with Crippen LogP contribution in [0.15, 0.2) is 24.3 Å². The molecule has 2 N–H and O–H groups in total. The van der Waals surface area contributed by atoms with Crippen LogP contribution in [0.1, 0.15) is 19.4 Å². The van der Waals surface area contributed by atoms with Gasteiger partial charge in [0, 0.05) is 24.8 Å². The molecule has 14 heavy (non-hydrogen) atoms. The lowest BCUT2D eigenvalue weighted by Gasteiger charge is -2.29. The number of hydrogen-bond donors (Lipinski definition) is 1. The van der Waals surface area contributed by atoms with Crippen molar-refractivity contribution in [2.75, 3.05) is 18.0 Å². The highest BCUT2D eigenvalue weighted by Gasteiger charge is 2.10. The van der Waals surface area contributed by atoms with Gasteiger partial charge in [-0.3, -0.25) is 0 Å². The lowest BCUT2D eigenvalue weighted by atomic mass is 10.1. The molecule has 0 fully saturated rings. The number of rotatable bonds is 4. The van der Waals surface area contributed by atoms with Crippen molar-refractivity contribution in [3.05, 3.63) is 29.8 Å². The fourth-order valence-corrected chi connectivity index (χ4v) is 1.68. The Hall–Kier alpha value is -1.02. The lowest BCUT2D eigenvalue weighted by Crippen LogP contribution is -2.35. The molecule has 0 bridgehead atoms. The highest BCUT2D eigenvalue weighted by Crippen LogP contribution is 2.20. The number of aryl methyl sites for hydroxylation is 1.